The van der Waals surface area contributed by atoms with Crippen molar-refractivity contribution in [2.24, 2.45) is 5.41 Å². The van der Waals surface area contributed by atoms with Gasteiger partial charge in [0.05, 0.1) is 22.8 Å². The van der Waals surface area contributed by atoms with Gasteiger partial charge in [-0.3, -0.25) is 14.2 Å². The van der Waals surface area contributed by atoms with E-state index in [1.165, 1.54) is 11.0 Å². The molecule has 1 aromatic carbocycles. The van der Waals surface area contributed by atoms with Crippen LogP contribution in [0.2, 0.25) is 0 Å². The lowest BCUT2D eigenvalue weighted by molar-refractivity contribution is -0.128. The monoisotopic (exact) mass is 487 g/mol. The molecule has 0 unspecified atom stereocenters. The standard InChI is InChI=1S/C25H27F2N3O5/c1-15-17(3-4-18-19(15)14-35-22(18)33)20(31)13-28-9-6-25(7-10-28)8-11-29(23(25)34)16-2-5-21(32)30(12-16)24(26)27/h2-5,12,20,24,31H,6-11,13-14H2,1H3/t20-/m0/s1. The molecule has 2 fully saturated rings. The molecule has 35 heavy (non-hydrogen) atoms. The molecule has 10 heteroatoms. The Hall–Kier alpha value is -3.11. The number of β-amino-alcohol motifs (C(OH)–C–C–N with tert-alkyl or cyclic N) is 1. The molecule has 1 atom stereocenters. The van der Waals surface area contributed by atoms with Crippen molar-refractivity contribution in [1.29, 1.82) is 0 Å². The van der Waals surface area contributed by atoms with E-state index in [2.05, 4.69) is 4.90 Å². The summed E-state index contributed by atoms with van der Waals surface area (Å²) in [6.45, 7) is 1.21. The zero-order valence-corrected chi connectivity index (χ0v) is 19.4. The summed E-state index contributed by atoms with van der Waals surface area (Å²) < 4.78 is 31.7. The number of pyridine rings is 1. The van der Waals surface area contributed by atoms with Crippen molar-refractivity contribution in [2.45, 2.75) is 45.4 Å². The maximum atomic E-state index is 13.3. The summed E-state index contributed by atoms with van der Waals surface area (Å²) in [6, 6.07) is 5.95. The van der Waals surface area contributed by atoms with E-state index >= 15 is 0 Å². The molecule has 1 spiro atoms. The Balaban J connectivity index is 1.24. The Kier molecular flexibility index (Phi) is 5.96. The van der Waals surface area contributed by atoms with E-state index in [0.29, 0.717) is 61.3 Å². The van der Waals surface area contributed by atoms with Gasteiger partial charge in [0.25, 0.3) is 5.56 Å². The lowest BCUT2D eigenvalue weighted by atomic mass is 9.77. The van der Waals surface area contributed by atoms with E-state index in [-0.39, 0.29) is 18.5 Å². The number of nitrogens with zero attached hydrogens (tertiary/aromatic N) is 3. The summed E-state index contributed by atoms with van der Waals surface area (Å²) in [4.78, 5) is 40.4. The van der Waals surface area contributed by atoms with Crippen LogP contribution in [-0.4, -0.2) is 52.6 Å². The number of aromatic nitrogens is 1. The lowest BCUT2D eigenvalue weighted by Crippen LogP contribution is -2.45. The number of piperidine rings is 1. The highest BCUT2D eigenvalue weighted by Gasteiger charge is 2.48. The summed E-state index contributed by atoms with van der Waals surface area (Å²) >= 11 is 0. The zero-order chi connectivity index (χ0) is 24.9. The number of aliphatic hydroxyl groups excluding tert-OH is 1. The Morgan fingerprint density at radius 1 is 1.06 bits per heavy atom. The van der Waals surface area contributed by atoms with E-state index < -0.39 is 23.6 Å². The number of cyclic esters (lactones) is 1. The van der Waals surface area contributed by atoms with E-state index in [4.69, 9.17) is 4.74 Å². The minimum absolute atomic E-state index is 0.101. The first-order chi connectivity index (χ1) is 16.7. The van der Waals surface area contributed by atoms with Crippen LogP contribution in [-0.2, 0) is 16.1 Å². The number of esters is 1. The van der Waals surface area contributed by atoms with Gasteiger partial charge in [0, 0.05) is 30.9 Å². The van der Waals surface area contributed by atoms with Crippen molar-refractivity contribution in [2.75, 3.05) is 31.1 Å². The maximum absolute atomic E-state index is 13.3. The highest BCUT2D eigenvalue weighted by atomic mass is 19.3. The first-order valence-corrected chi connectivity index (χ1v) is 11.7. The summed E-state index contributed by atoms with van der Waals surface area (Å²) in [5.41, 5.74) is 1.93. The molecule has 1 N–H and O–H groups in total. The van der Waals surface area contributed by atoms with Gasteiger partial charge in [-0.2, -0.15) is 8.78 Å². The van der Waals surface area contributed by atoms with Gasteiger partial charge in [-0.15, -0.1) is 0 Å². The van der Waals surface area contributed by atoms with Crippen LogP contribution in [0.15, 0.2) is 35.3 Å². The van der Waals surface area contributed by atoms with Gasteiger partial charge in [-0.1, -0.05) is 6.07 Å². The number of anilines is 1. The number of carbonyl (C=O) groups excluding carboxylic acids is 2. The van der Waals surface area contributed by atoms with E-state index in [1.54, 1.807) is 12.1 Å². The topological polar surface area (TPSA) is 92.1 Å². The number of hydrogen-bond acceptors (Lipinski definition) is 6. The molecular weight excluding hydrogens is 460 g/mol. The van der Waals surface area contributed by atoms with Gasteiger partial charge in [-0.05, 0) is 62.5 Å². The van der Waals surface area contributed by atoms with Crippen molar-refractivity contribution >= 4 is 17.6 Å². The van der Waals surface area contributed by atoms with Crippen LogP contribution in [0.5, 0.6) is 0 Å². The fourth-order valence-corrected chi connectivity index (χ4v) is 5.57. The van der Waals surface area contributed by atoms with E-state index in [1.807, 2.05) is 6.92 Å². The molecule has 8 nitrogen and oxygen atoms in total. The number of rotatable bonds is 5. The van der Waals surface area contributed by atoms with Crippen molar-refractivity contribution < 1.29 is 28.2 Å². The fraction of sp³-hybridized carbons (Fsp3) is 0.480. The smallest absolute Gasteiger partial charge is 0.338 e. The molecule has 0 aliphatic carbocycles. The van der Waals surface area contributed by atoms with Gasteiger partial charge in [-0.25, -0.2) is 4.79 Å². The van der Waals surface area contributed by atoms with Crippen LogP contribution >= 0.6 is 0 Å². The third-order valence-corrected chi connectivity index (χ3v) is 7.77. The number of aliphatic hydroxyl groups is 1. The molecule has 0 bridgehead atoms. The molecule has 1 aromatic heterocycles. The molecule has 186 valence electrons. The predicted molar refractivity (Wildman–Crippen MR) is 122 cm³/mol. The third-order valence-electron chi connectivity index (χ3n) is 7.77. The first kappa shape index (κ1) is 23.6. The van der Waals surface area contributed by atoms with Crippen LogP contribution in [0.3, 0.4) is 0 Å². The number of carbonyl (C=O) groups is 2. The van der Waals surface area contributed by atoms with Crippen molar-refractivity contribution in [3.05, 3.63) is 63.1 Å². The van der Waals surface area contributed by atoms with Gasteiger partial charge in [0.1, 0.15) is 6.61 Å². The van der Waals surface area contributed by atoms with Crippen LogP contribution in [0.4, 0.5) is 14.5 Å². The highest BCUT2D eigenvalue weighted by Crippen LogP contribution is 2.43. The average molecular weight is 488 g/mol. The highest BCUT2D eigenvalue weighted by molar-refractivity contribution is 5.99. The number of fused-ring (bicyclic) bond motifs is 1. The molecule has 0 radical (unpaired) electrons. The Morgan fingerprint density at radius 3 is 2.49 bits per heavy atom. The summed E-state index contributed by atoms with van der Waals surface area (Å²) in [5.74, 6) is -0.440. The summed E-state index contributed by atoms with van der Waals surface area (Å²) in [7, 11) is 0. The average Bonchev–Trinajstić information content (AvgIpc) is 3.36. The maximum Gasteiger partial charge on any atom is 0.338 e. The van der Waals surface area contributed by atoms with Crippen molar-refractivity contribution in [1.82, 2.24) is 9.47 Å². The fourth-order valence-electron chi connectivity index (χ4n) is 5.57. The second-order valence-electron chi connectivity index (χ2n) is 9.60. The Morgan fingerprint density at radius 2 is 1.77 bits per heavy atom. The molecule has 3 aliphatic heterocycles. The summed E-state index contributed by atoms with van der Waals surface area (Å²) in [5, 5.41) is 10.9. The second kappa shape index (κ2) is 8.83. The quantitative estimate of drug-likeness (QED) is 0.653. The van der Waals surface area contributed by atoms with Crippen LogP contribution in [0.25, 0.3) is 0 Å². The first-order valence-electron chi connectivity index (χ1n) is 11.7. The number of hydrogen-bond donors (Lipinski definition) is 1. The Bertz CT molecular complexity index is 1240. The number of alkyl halides is 2. The van der Waals surface area contributed by atoms with Gasteiger partial charge >= 0.3 is 12.5 Å². The lowest BCUT2D eigenvalue weighted by Gasteiger charge is -2.38. The van der Waals surface area contributed by atoms with Gasteiger partial charge in [0.2, 0.25) is 5.91 Å². The number of amides is 1. The zero-order valence-electron chi connectivity index (χ0n) is 19.4. The molecule has 2 saturated heterocycles. The number of halogens is 2. The largest absolute Gasteiger partial charge is 0.457 e. The second-order valence-corrected chi connectivity index (χ2v) is 9.60. The number of likely N-dealkylation sites (tertiary alicyclic amines) is 1. The van der Waals surface area contributed by atoms with Gasteiger partial charge < -0.3 is 19.6 Å². The molecule has 1 amide bonds. The number of benzene rings is 1. The molecular formula is C25H27F2N3O5. The number of ether oxygens (including phenoxy) is 1. The van der Waals surface area contributed by atoms with Gasteiger partial charge in [0.15, 0.2) is 0 Å². The van der Waals surface area contributed by atoms with Crippen LogP contribution in [0.1, 0.15) is 59.0 Å². The minimum atomic E-state index is -2.97. The summed E-state index contributed by atoms with van der Waals surface area (Å²) in [6.07, 6.45) is 2.14. The third kappa shape index (κ3) is 4.04. The van der Waals surface area contributed by atoms with Crippen molar-refractivity contribution in [3.63, 3.8) is 0 Å². The van der Waals surface area contributed by atoms with Crippen molar-refractivity contribution in [3.8, 4) is 0 Å². The predicted octanol–water partition coefficient (Wildman–Crippen LogP) is 2.77. The minimum Gasteiger partial charge on any atom is -0.457 e. The molecule has 3 aliphatic rings. The Labute approximate surface area is 200 Å². The SMILES string of the molecule is Cc1c([C@@H](O)CN2CCC3(CC2)CCN(c2ccc(=O)n(C(F)F)c2)C3=O)ccc2c1COC2=O. The van der Waals surface area contributed by atoms with E-state index in [0.717, 1.165) is 29.0 Å². The van der Waals surface area contributed by atoms with E-state index in [9.17, 15) is 28.3 Å². The molecule has 2 aromatic rings. The molecule has 4 heterocycles. The molecule has 5 rings (SSSR count). The normalized spacial score (nSPS) is 20.5. The molecule has 0 saturated carbocycles. The van der Waals surface area contributed by atoms with Crippen LogP contribution in [0, 0.1) is 12.3 Å². The van der Waals surface area contributed by atoms with Crippen LogP contribution < -0.4 is 10.5 Å².